The summed E-state index contributed by atoms with van der Waals surface area (Å²) in [4.78, 5) is 27.2. The van der Waals surface area contributed by atoms with Crippen molar-refractivity contribution in [3.05, 3.63) is 35.9 Å². The molecule has 2 amide bonds. The Morgan fingerprint density at radius 2 is 1.72 bits per heavy atom. The Labute approximate surface area is 150 Å². The Hall–Kier alpha value is -1.84. The predicted molar refractivity (Wildman–Crippen MR) is 96.7 cm³/mol. The van der Waals surface area contributed by atoms with Gasteiger partial charge in [-0.15, -0.1) is 0 Å². The number of likely N-dealkylation sites (tertiary alicyclic amines) is 1. The van der Waals surface area contributed by atoms with E-state index in [1.54, 1.807) is 0 Å². The van der Waals surface area contributed by atoms with E-state index in [-0.39, 0.29) is 29.7 Å². The van der Waals surface area contributed by atoms with Gasteiger partial charge in [0, 0.05) is 19.0 Å². The number of carbonyl (C=O) groups excluding carboxylic acids is 2. The molecule has 1 N–H and O–H groups in total. The fourth-order valence-corrected chi connectivity index (χ4v) is 4.16. The summed E-state index contributed by atoms with van der Waals surface area (Å²) in [6, 6.07) is 10.5. The van der Waals surface area contributed by atoms with Gasteiger partial charge in [-0.05, 0) is 50.0 Å². The van der Waals surface area contributed by atoms with Crippen molar-refractivity contribution in [2.24, 2.45) is 17.8 Å². The van der Waals surface area contributed by atoms with Crippen molar-refractivity contribution in [2.75, 3.05) is 13.1 Å². The monoisotopic (exact) mass is 340 g/mol. The van der Waals surface area contributed by atoms with Crippen LogP contribution in [0.25, 0.3) is 0 Å². The Balaban J connectivity index is 1.41. The molecule has 0 unspecified atom stereocenters. The summed E-state index contributed by atoms with van der Waals surface area (Å²) >= 11 is 0. The van der Waals surface area contributed by atoms with Crippen LogP contribution in [0, 0.1) is 17.8 Å². The number of piperidine rings is 1. The summed E-state index contributed by atoms with van der Waals surface area (Å²) < 4.78 is 0. The Morgan fingerprint density at radius 3 is 2.36 bits per heavy atom. The zero-order chi connectivity index (χ0) is 17.2. The predicted octanol–water partition coefficient (Wildman–Crippen LogP) is 3.29. The molecule has 0 spiro atoms. The fraction of sp³-hybridized carbons (Fsp3) is 0.619. The zero-order valence-corrected chi connectivity index (χ0v) is 14.8. The van der Waals surface area contributed by atoms with E-state index in [0.29, 0.717) is 12.5 Å². The van der Waals surface area contributed by atoms with Gasteiger partial charge in [-0.1, -0.05) is 36.8 Å². The molecule has 134 valence electrons. The van der Waals surface area contributed by atoms with Crippen molar-refractivity contribution < 1.29 is 9.59 Å². The normalized spacial score (nSPS) is 25.1. The number of carbonyl (C=O) groups is 2. The van der Waals surface area contributed by atoms with Crippen molar-refractivity contribution in [1.82, 2.24) is 10.2 Å². The maximum atomic E-state index is 12.9. The van der Waals surface area contributed by atoms with E-state index in [1.165, 1.54) is 24.8 Å². The third-order valence-electron chi connectivity index (χ3n) is 6.11. The first-order chi connectivity index (χ1) is 12.2. The number of hydrogen-bond donors (Lipinski definition) is 1. The van der Waals surface area contributed by atoms with E-state index < -0.39 is 0 Å². The first-order valence-corrected chi connectivity index (χ1v) is 9.86. The molecule has 0 aromatic heterocycles. The highest BCUT2D eigenvalue weighted by molar-refractivity contribution is 5.83. The van der Waals surface area contributed by atoms with Gasteiger partial charge in [0.1, 0.15) is 0 Å². The highest BCUT2D eigenvalue weighted by atomic mass is 16.2. The van der Waals surface area contributed by atoms with Gasteiger partial charge < -0.3 is 10.2 Å². The van der Waals surface area contributed by atoms with E-state index >= 15 is 0 Å². The van der Waals surface area contributed by atoms with Crippen molar-refractivity contribution in [2.45, 2.75) is 51.0 Å². The van der Waals surface area contributed by atoms with Gasteiger partial charge in [0.05, 0.1) is 12.0 Å². The van der Waals surface area contributed by atoms with E-state index in [0.717, 1.165) is 32.2 Å². The molecule has 25 heavy (non-hydrogen) atoms. The molecule has 4 nitrogen and oxygen atoms in total. The smallest absolute Gasteiger partial charge is 0.225 e. The molecule has 1 aliphatic heterocycles. The summed E-state index contributed by atoms with van der Waals surface area (Å²) in [6.45, 7) is 1.43. The first-order valence-electron chi connectivity index (χ1n) is 9.86. The average Bonchev–Trinajstić information content (AvgIpc) is 3.45. The molecule has 2 aliphatic carbocycles. The van der Waals surface area contributed by atoms with Crippen LogP contribution < -0.4 is 5.32 Å². The maximum Gasteiger partial charge on any atom is 0.225 e. The lowest BCUT2D eigenvalue weighted by molar-refractivity contribution is -0.137. The van der Waals surface area contributed by atoms with Gasteiger partial charge in [-0.2, -0.15) is 0 Å². The lowest BCUT2D eigenvalue weighted by Crippen LogP contribution is -2.47. The van der Waals surface area contributed by atoms with Crippen LogP contribution in [0.15, 0.2) is 30.3 Å². The lowest BCUT2D eigenvalue weighted by atomic mass is 9.77. The molecule has 3 fully saturated rings. The first kappa shape index (κ1) is 16.6. The van der Waals surface area contributed by atoms with Crippen molar-refractivity contribution in [3.8, 4) is 0 Å². The number of nitrogens with zero attached hydrogens (tertiary/aromatic N) is 1. The molecular formula is C21H28N2O2. The SMILES string of the molecule is O=C(N[C@H](c1ccccc1)C1CCC1)[C@@H]1CCCN(C(=O)C2CC2)C1. The Bertz CT molecular complexity index is 622. The third-order valence-corrected chi connectivity index (χ3v) is 6.11. The lowest BCUT2D eigenvalue weighted by Gasteiger charge is -2.37. The number of nitrogens with one attached hydrogen (secondary N) is 1. The second-order valence-electron chi connectivity index (χ2n) is 7.99. The highest BCUT2D eigenvalue weighted by Gasteiger charge is 2.38. The minimum Gasteiger partial charge on any atom is -0.349 e. The topological polar surface area (TPSA) is 49.4 Å². The van der Waals surface area contributed by atoms with Crippen molar-refractivity contribution in [1.29, 1.82) is 0 Å². The molecule has 2 atom stereocenters. The molecule has 3 aliphatic rings. The summed E-state index contributed by atoms with van der Waals surface area (Å²) in [5, 5.41) is 3.33. The highest BCUT2D eigenvalue weighted by Crippen LogP contribution is 2.38. The largest absolute Gasteiger partial charge is 0.349 e. The number of hydrogen-bond acceptors (Lipinski definition) is 2. The third kappa shape index (κ3) is 3.73. The van der Waals surface area contributed by atoms with Gasteiger partial charge in [0.2, 0.25) is 11.8 Å². The molecule has 4 heteroatoms. The second-order valence-corrected chi connectivity index (χ2v) is 7.99. The summed E-state index contributed by atoms with van der Waals surface area (Å²) in [5.41, 5.74) is 1.21. The van der Waals surface area contributed by atoms with Gasteiger partial charge in [0.15, 0.2) is 0 Å². The summed E-state index contributed by atoms with van der Waals surface area (Å²) in [6.07, 6.45) is 7.54. The summed E-state index contributed by atoms with van der Waals surface area (Å²) in [5.74, 6) is 1.15. The van der Waals surface area contributed by atoms with Crippen LogP contribution >= 0.6 is 0 Å². The van der Waals surface area contributed by atoms with Gasteiger partial charge in [-0.25, -0.2) is 0 Å². The van der Waals surface area contributed by atoms with Crippen LogP contribution in [0.2, 0.25) is 0 Å². The molecule has 0 radical (unpaired) electrons. The molecule has 1 aromatic rings. The standard InChI is InChI=1S/C21H28N2O2/c24-20(18-10-5-13-23(14-18)21(25)17-11-12-17)22-19(16-8-4-9-16)15-6-2-1-3-7-15/h1-3,6-7,16-19H,4-5,8-14H2,(H,22,24)/t18-,19-/m1/s1. The molecule has 1 aromatic carbocycles. The number of rotatable bonds is 5. The van der Waals surface area contributed by atoms with Gasteiger partial charge >= 0.3 is 0 Å². The van der Waals surface area contributed by atoms with Crippen LogP contribution in [0.1, 0.15) is 56.6 Å². The van der Waals surface area contributed by atoms with E-state index in [2.05, 4.69) is 17.4 Å². The number of amides is 2. The maximum absolute atomic E-state index is 12.9. The molecule has 2 saturated carbocycles. The van der Waals surface area contributed by atoms with Crippen LogP contribution in [0.5, 0.6) is 0 Å². The molecule has 0 bridgehead atoms. The van der Waals surface area contributed by atoms with Crippen LogP contribution in [-0.4, -0.2) is 29.8 Å². The molecule has 1 saturated heterocycles. The minimum absolute atomic E-state index is 0.0530. The van der Waals surface area contributed by atoms with Crippen molar-refractivity contribution in [3.63, 3.8) is 0 Å². The van der Waals surface area contributed by atoms with E-state index in [9.17, 15) is 9.59 Å². The van der Waals surface area contributed by atoms with Gasteiger partial charge in [-0.3, -0.25) is 9.59 Å². The molecule has 4 rings (SSSR count). The Kier molecular flexibility index (Phi) is 4.78. The van der Waals surface area contributed by atoms with Crippen LogP contribution in [0.4, 0.5) is 0 Å². The Morgan fingerprint density at radius 1 is 0.960 bits per heavy atom. The molecular weight excluding hydrogens is 312 g/mol. The zero-order valence-electron chi connectivity index (χ0n) is 14.8. The average molecular weight is 340 g/mol. The second kappa shape index (κ2) is 7.19. The molecule has 1 heterocycles. The van der Waals surface area contributed by atoms with E-state index in [1.807, 2.05) is 23.1 Å². The van der Waals surface area contributed by atoms with Crippen LogP contribution in [-0.2, 0) is 9.59 Å². The summed E-state index contributed by atoms with van der Waals surface area (Å²) in [7, 11) is 0. The van der Waals surface area contributed by atoms with Gasteiger partial charge in [0.25, 0.3) is 0 Å². The number of benzene rings is 1. The quantitative estimate of drug-likeness (QED) is 0.894. The van der Waals surface area contributed by atoms with E-state index in [4.69, 9.17) is 0 Å². The fourth-order valence-electron chi connectivity index (χ4n) is 4.16. The van der Waals surface area contributed by atoms with Crippen molar-refractivity contribution >= 4 is 11.8 Å². The van der Waals surface area contributed by atoms with Crippen LogP contribution in [0.3, 0.4) is 0 Å². The minimum atomic E-state index is -0.0530.